The normalized spacial score (nSPS) is 26.1. The molecule has 0 saturated heterocycles. The number of hydrogen-bond donors (Lipinski definition) is 1. The summed E-state index contributed by atoms with van der Waals surface area (Å²) in [4.78, 5) is 13.5. The maximum Gasteiger partial charge on any atom is 0.296 e. The summed E-state index contributed by atoms with van der Waals surface area (Å²) in [6.07, 6.45) is 5.18. The Morgan fingerprint density at radius 2 is 2.21 bits per heavy atom. The molecule has 1 amide bonds. The van der Waals surface area contributed by atoms with Crippen LogP contribution in [0.15, 0.2) is 0 Å². The van der Waals surface area contributed by atoms with Crippen molar-refractivity contribution in [3.05, 3.63) is 0 Å². The molecule has 0 spiro atoms. The predicted molar refractivity (Wildman–Crippen MR) is 60.8 cm³/mol. The van der Waals surface area contributed by atoms with Gasteiger partial charge in [-0.15, -0.1) is 0 Å². The minimum absolute atomic E-state index is 0.181. The lowest BCUT2D eigenvalue weighted by atomic mass is 9.80. The molecule has 2 unspecified atom stereocenters. The zero-order chi connectivity index (χ0) is 10.4. The molecule has 1 N–H and O–H groups in total. The number of rotatable bonds is 2. The lowest BCUT2D eigenvalue weighted by molar-refractivity contribution is -0.116. The lowest BCUT2D eigenvalue weighted by Crippen LogP contribution is -2.32. The second-order valence-electron chi connectivity index (χ2n) is 3.95. The van der Waals surface area contributed by atoms with Gasteiger partial charge in [0, 0.05) is 28.4 Å². The largest absolute Gasteiger partial charge is 0.345 e. The van der Waals surface area contributed by atoms with E-state index in [1.165, 1.54) is 25.7 Å². The van der Waals surface area contributed by atoms with Crippen molar-refractivity contribution in [2.45, 2.75) is 32.6 Å². The van der Waals surface area contributed by atoms with Gasteiger partial charge in [0.1, 0.15) is 0 Å². The van der Waals surface area contributed by atoms with Gasteiger partial charge >= 0.3 is 0 Å². The molecule has 3 heteroatoms. The van der Waals surface area contributed by atoms with Gasteiger partial charge in [0.2, 0.25) is 0 Å². The van der Waals surface area contributed by atoms with Gasteiger partial charge in [-0.1, -0.05) is 26.2 Å². The number of amides is 1. The van der Waals surface area contributed by atoms with Gasteiger partial charge in [-0.2, -0.15) is 0 Å². The number of halogens is 1. The van der Waals surface area contributed by atoms with E-state index in [4.69, 9.17) is 0 Å². The van der Waals surface area contributed by atoms with Crippen LogP contribution in [0.4, 0.5) is 0 Å². The molecule has 1 rings (SSSR count). The Balaban J connectivity index is 2.28. The predicted octanol–water partition coefficient (Wildman–Crippen LogP) is 2.28. The van der Waals surface area contributed by atoms with E-state index in [0.717, 1.165) is 12.5 Å². The average Bonchev–Trinajstić information content (AvgIpc) is 2.17. The van der Waals surface area contributed by atoms with Crippen LogP contribution < -0.4 is 5.32 Å². The molecule has 1 aliphatic rings. The minimum atomic E-state index is -0.181. The summed E-state index contributed by atoms with van der Waals surface area (Å²) >= 11 is 2.91. The highest BCUT2D eigenvalue weighted by Gasteiger charge is 2.21. The van der Waals surface area contributed by atoms with E-state index in [1.807, 2.05) is 0 Å². The molecule has 0 heterocycles. The molecule has 78 valence electrons. The van der Waals surface area contributed by atoms with Crippen molar-refractivity contribution < 1.29 is 4.79 Å². The molecule has 14 heavy (non-hydrogen) atoms. The molecule has 1 aliphatic carbocycles. The van der Waals surface area contributed by atoms with Gasteiger partial charge in [0.25, 0.3) is 5.91 Å². The van der Waals surface area contributed by atoms with Gasteiger partial charge in [-0.25, -0.2) is 0 Å². The van der Waals surface area contributed by atoms with Crippen LogP contribution in [0.2, 0.25) is 0 Å². The zero-order valence-corrected chi connectivity index (χ0v) is 10.1. The Kier molecular flexibility index (Phi) is 5.03. The molecule has 0 radical (unpaired) electrons. The molecule has 1 fully saturated rings. The highest BCUT2D eigenvalue weighted by molar-refractivity contribution is 9.12. The Bertz CT molecular complexity index is 254. The number of carbonyl (C=O) groups is 1. The van der Waals surface area contributed by atoms with Crippen molar-refractivity contribution in [2.75, 3.05) is 6.54 Å². The first-order chi connectivity index (χ1) is 6.74. The van der Waals surface area contributed by atoms with Crippen LogP contribution in [0.25, 0.3) is 0 Å². The summed E-state index contributed by atoms with van der Waals surface area (Å²) in [5.74, 6) is 3.62. The smallest absolute Gasteiger partial charge is 0.296 e. The summed E-state index contributed by atoms with van der Waals surface area (Å²) in [6, 6.07) is 0. The van der Waals surface area contributed by atoms with E-state index < -0.39 is 0 Å². The quantitative estimate of drug-likeness (QED) is 0.756. The Morgan fingerprint density at radius 3 is 2.86 bits per heavy atom. The molecule has 2 nitrogen and oxygen atoms in total. The van der Waals surface area contributed by atoms with Crippen molar-refractivity contribution in [3.8, 4) is 10.8 Å². The average molecular weight is 258 g/mol. The summed E-state index contributed by atoms with van der Waals surface area (Å²) < 4.78 is 0. The van der Waals surface area contributed by atoms with Crippen molar-refractivity contribution in [3.63, 3.8) is 0 Å². The van der Waals surface area contributed by atoms with Crippen molar-refractivity contribution in [1.82, 2.24) is 5.32 Å². The fourth-order valence-corrected chi connectivity index (χ4v) is 2.19. The Morgan fingerprint density at radius 1 is 1.50 bits per heavy atom. The van der Waals surface area contributed by atoms with Crippen molar-refractivity contribution in [1.29, 1.82) is 0 Å². The fourth-order valence-electron chi connectivity index (χ4n) is 2.01. The summed E-state index contributed by atoms with van der Waals surface area (Å²) in [7, 11) is 0. The first-order valence-corrected chi connectivity index (χ1v) is 5.93. The lowest BCUT2D eigenvalue weighted by Gasteiger charge is -2.28. The standard InChI is InChI=1S/C11H16BrNO/c1-9-4-2-3-5-10(9)8-13-11(14)6-7-12/h9-10H,2-5,8H2,1H3,(H,13,14). The highest BCUT2D eigenvalue weighted by atomic mass is 79.9. The highest BCUT2D eigenvalue weighted by Crippen LogP contribution is 2.28. The van der Waals surface area contributed by atoms with Crippen LogP contribution in [0.3, 0.4) is 0 Å². The van der Waals surface area contributed by atoms with Crippen LogP contribution in [-0.2, 0) is 4.79 Å². The zero-order valence-electron chi connectivity index (χ0n) is 8.48. The Labute approximate surface area is 94.0 Å². The van der Waals surface area contributed by atoms with E-state index >= 15 is 0 Å². The van der Waals surface area contributed by atoms with Gasteiger partial charge in [-0.3, -0.25) is 4.79 Å². The maximum atomic E-state index is 11.1. The van der Waals surface area contributed by atoms with E-state index in [1.54, 1.807) is 0 Å². The monoisotopic (exact) mass is 257 g/mol. The van der Waals surface area contributed by atoms with Gasteiger partial charge in [0.15, 0.2) is 0 Å². The molecule has 0 aromatic carbocycles. The Hall–Kier alpha value is -0.490. The van der Waals surface area contributed by atoms with Gasteiger partial charge in [-0.05, 0) is 23.1 Å². The van der Waals surface area contributed by atoms with E-state index in [2.05, 4.69) is 38.9 Å². The van der Waals surface area contributed by atoms with Crippen molar-refractivity contribution >= 4 is 21.8 Å². The van der Waals surface area contributed by atoms with Crippen LogP contribution in [0.1, 0.15) is 32.6 Å². The molecule has 0 bridgehead atoms. The molecular weight excluding hydrogens is 242 g/mol. The first kappa shape index (κ1) is 11.6. The van der Waals surface area contributed by atoms with E-state index in [-0.39, 0.29) is 5.91 Å². The van der Waals surface area contributed by atoms with Crippen LogP contribution >= 0.6 is 15.9 Å². The molecular formula is C11H16BrNO. The van der Waals surface area contributed by atoms with Crippen LogP contribution in [-0.4, -0.2) is 12.5 Å². The molecule has 0 aromatic heterocycles. The summed E-state index contributed by atoms with van der Waals surface area (Å²) in [5.41, 5.74) is 0. The third-order valence-corrected chi connectivity index (χ3v) is 3.17. The first-order valence-electron chi connectivity index (χ1n) is 5.13. The molecule has 0 aromatic rings. The van der Waals surface area contributed by atoms with Gasteiger partial charge < -0.3 is 5.32 Å². The van der Waals surface area contributed by atoms with Crippen LogP contribution in [0.5, 0.6) is 0 Å². The number of carbonyl (C=O) groups excluding carboxylic acids is 1. The molecule has 0 aliphatic heterocycles. The topological polar surface area (TPSA) is 29.1 Å². The summed E-state index contributed by atoms with van der Waals surface area (Å²) in [6.45, 7) is 3.05. The van der Waals surface area contributed by atoms with E-state index in [9.17, 15) is 4.79 Å². The second-order valence-corrected chi connectivity index (χ2v) is 4.35. The van der Waals surface area contributed by atoms with Crippen molar-refractivity contribution in [2.24, 2.45) is 11.8 Å². The minimum Gasteiger partial charge on any atom is -0.345 e. The molecule has 2 atom stereocenters. The van der Waals surface area contributed by atoms with Crippen LogP contribution in [0, 0.1) is 22.6 Å². The summed E-state index contributed by atoms with van der Waals surface area (Å²) in [5, 5.41) is 2.84. The molecule has 1 saturated carbocycles. The second kappa shape index (κ2) is 6.08. The SMILES string of the molecule is CC1CCCCC1CNC(=O)C#CBr. The third kappa shape index (κ3) is 3.71. The van der Waals surface area contributed by atoms with E-state index in [0.29, 0.717) is 5.92 Å². The number of nitrogens with one attached hydrogen (secondary N) is 1. The fraction of sp³-hybridized carbons (Fsp3) is 0.727. The maximum absolute atomic E-state index is 11.1. The van der Waals surface area contributed by atoms with Gasteiger partial charge in [0.05, 0.1) is 0 Å². The third-order valence-electron chi connectivity index (χ3n) is 2.97. The number of hydrogen-bond acceptors (Lipinski definition) is 1.